The molecule has 2 atom stereocenters. The van der Waals surface area contributed by atoms with Crippen LogP contribution >= 0.6 is 0 Å². The molecular weight excluding hydrogens is 527 g/mol. The van der Waals surface area contributed by atoms with Crippen molar-refractivity contribution in [2.75, 3.05) is 0 Å². The lowest BCUT2D eigenvalue weighted by atomic mass is 9.81. The van der Waals surface area contributed by atoms with Gasteiger partial charge in [-0.15, -0.1) is 0 Å². The Morgan fingerprint density at radius 2 is 1.82 bits per heavy atom. The van der Waals surface area contributed by atoms with Crippen molar-refractivity contribution in [2.24, 2.45) is 17.8 Å². The molecule has 13 heteroatoms. The molecule has 10 nitrogen and oxygen atoms in total. The Hall–Kier alpha value is -3.51. The van der Waals surface area contributed by atoms with E-state index in [0.29, 0.717) is 42.2 Å². The topological polar surface area (TPSA) is 127 Å². The maximum absolute atomic E-state index is 13.9. The molecule has 3 aromatic rings. The molecule has 0 aromatic carbocycles. The summed E-state index contributed by atoms with van der Waals surface area (Å²) in [6.45, 7) is 1.59. The Morgan fingerprint density at radius 1 is 1.10 bits per heavy atom. The first-order valence-electron chi connectivity index (χ1n) is 13.9. The lowest BCUT2D eigenvalue weighted by Gasteiger charge is -2.33. The molecule has 3 aromatic heterocycles. The standard InChI is InChI=1S/C27H32F3N7O3/c1-14-23(36-40-35-14)26(39)34-25(17-4-6-27(29,30)7-5-17)20-13-37-21(32-20)11-18(12-31-37)24(16-2-3-16)33-22(38)10-15-8-19(28)9-15/h11-13,15-17,19,24-25H,2-10H2,1H3,(H,33,38)(H,34,39)/t15?,19?,24?,25-/m0/s1. The van der Waals surface area contributed by atoms with Gasteiger partial charge >= 0.3 is 0 Å². The predicted molar refractivity (Wildman–Crippen MR) is 135 cm³/mol. The van der Waals surface area contributed by atoms with E-state index in [0.717, 1.165) is 18.4 Å². The molecule has 40 heavy (non-hydrogen) atoms. The third-order valence-electron chi connectivity index (χ3n) is 8.49. The number of hydrogen-bond acceptors (Lipinski definition) is 7. The number of aryl methyl sites for hydroxylation is 1. The molecule has 0 saturated heterocycles. The van der Waals surface area contributed by atoms with E-state index in [9.17, 15) is 22.8 Å². The Kier molecular flexibility index (Phi) is 6.99. The number of alkyl halides is 3. The molecule has 2 amide bonds. The third-order valence-corrected chi connectivity index (χ3v) is 8.49. The molecule has 3 aliphatic rings. The maximum Gasteiger partial charge on any atom is 0.276 e. The van der Waals surface area contributed by atoms with Gasteiger partial charge in [0.2, 0.25) is 11.8 Å². The zero-order chi connectivity index (χ0) is 28.0. The highest BCUT2D eigenvalue weighted by Gasteiger charge is 2.40. The molecule has 3 heterocycles. The number of amides is 2. The molecule has 0 aliphatic heterocycles. The molecule has 3 aliphatic carbocycles. The number of halogens is 3. The third kappa shape index (κ3) is 5.68. The number of hydrogen-bond donors (Lipinski definition) is 2. The fraction of sp³-hybridized carbons (Fsp3) is 0.630. The van der Waals surface area contributed by atoms with Crippen molar-refractivity contribution >= 4 is 17.5 Å². The maximum atomic E-state index is 13.9. The van der Waals surface area contributed by atoms with Gasteiger partial charge in [-0.1, -0.05) is 5.16 Å². The Bertz CT molecular complexity index is 1390. The number of aromatic nitrogens is 5. The Balaban J connectivity index is 1.24. The molecule has 6 rings (SSSR count). The van der Waals surface area contributed by atoms with Crippen LogP contribution in [0.5, 0.6) is 0 Å². The summed E-state index contributed by atoms with van der Waals surface area (Å²) in [6.07, 6.45) is 5.68. The van der Waals surface area contributed by atoms with Crippen molar-refractivity contribution in [3.05, 3.63) is 41.1 Å². The minimum Gasteiger partial charge on any atom is -0.349 e. The predicted octanol–water partition coefficient (Wildman–Crippen LogP) is 4.42. The summed E-state index contributed by atoms with van der Waals surface area (Å²) >= 11 is 0. The van der Waals surface area contributed by atoms with Crippen molar-refractivity contribution in [3.63, 3.8) is 0 Å². The van der Waals surface area contributed by atoms with Crippen molar-refractivity contribution < 1.29 is 27.4 Å². The lowest BCUT2D eigenvalue weighted by Crippen LogP contribution is -2.37. The summed E-state index contributed by atoms with van der Waals surface area (Å²) in [7, 11) is 0. The smallest absolute Gasteiger partial charge is 0.276 e. The quantitative estimate of drug-likeness (QED) is 0.397. The number of carbonyl (C=O) groups excluding carboxylic acids is 2. The monoisotopic (exact) mass is 559 g/mol. The van der Waals surface area contributed by atoms with Gasteiger partial charge in [-0.3, -0.25) is 9.59 Å². The van der Waals surface area contributed by atoms with Gasteiger partial charge < -0.3 is 10.6 Å². The summed E-state index contributed by atoms with van der Waals surface area (Å²) in [5, 5.41) is 17.9. The number of nitrogens with one attached hydrogen (secondary N) is 2. The van der Waals surface area contributed by atoms with Gasteiger partial charge in [0, 0.05) is 19.3 Å². The fourth-order valence-electron chi connectivity index (χ4n) is 5.92. The van der Waals surface area contributed by atoms with E-state index in [1.165, 1.54) is 0 Å². The van der Waals surface area contributed by atoms with Crippen molar-refractivity contribution in [1.82, 2.24) is 35.5 Å². The molecule has 214 valence electrons. The molecule has 1 unspecified atom stereocenters. The summed E-state index contributed by atoms with van der Waals surface area (Å²) in [4.78, 5) is 30.4. The van der Waals surface area contributed by atoms with Crippen LogP contribution in [0.4, 0.5) is 13.2 Å². The number of imidazole rings is 1. The minimum absolute atomic E-state index is 0.0299. The first-order valence-corrected chi connectivity index (χ1v) is 13.9. The van der Waals surface area contributed by atoms with Crippen molar-refractivity contribution in [3.8, 4) is 0 Å². The second-order valence-electron chi connectivity index (χ2n) is 11.6. The molecule has 3 fully saturated rings. The minimum atomic E-state index is -2.72. The van der Waals surface area contributed by atoms with Crippen LogP contribution in [0.1, 0.15) is 97.3 Å². The summed E-state index contributed by atoms with van der Waals surface area (Å²) in [5.74, 6) is -3.20. The zero-order valence-electron chi connectivity index (χ0n) is 22.2. The van der Waals surface area contributed by atoms with E-state index in [4.69, 9.17) is 4.98 Å². The van der Waals surface area contributed by atoms with Gasteiger partial charge in [-0.25, -0.2) is 27.3 Å². The SMILES string of the molecule is Cc1nonc1C(=O)N[C@H](c1cn2ncc(C(NC(=O)CC3CC(F)C3)C3CC3)cc2n1)C1CCC(F)(F)CC1. The first-order chi connectivity index (χ1) is 19.1. The van der Waals surface area contributed by atoms with E-state index < -0.39 is 24.0 Å². The lowest BCUT2D eigenvalue weighted by molar-refractivity contribution is -0.124. The summed E-state index contributed by atoms with van der Waals surface area (Å²) in [6, 6.07) is 0.996. The van der Waals surface area contributed by atoms with Crippen LogP contribution < -0.4 is 10.6 Å². The largest absolute Gasteiger partial charge is 0.349 e. The molecular formula is C27H32F3N7O3. The van der Waals surface area contributed by atoms with Crippen LogP contribution in [-0.4, -0.2) is 48.8 Å². The molecule has 3 saturated carbocycles. The molecule has 0 bridgehead atoms. The fourth-order valence-corrected chi connectivity index (χ4v) is 5.92. The number of rotatable bonds is 9. The van der Waals surface area contributed by atoms with Crippen LogP contribution in [0.3, 0.4) is 0 Å². The number of fused-ring (bicyclic) bond motifs is 1. The van der Waals surface area contributed by atoms with Gasteiger partial charge in [0.05, 0.1) is 30.2 Å². The van der Waals surface area contributed by atoms with Gasteiger partial charge in [0.25, 0.3) is 5.91 Å². The van der Waals surface area contributed by atoms with Gasteiger partial charge in [-0.2, -0.15) is 5.10 Å². The van der Waals surface area contributed by atoms with E-state index in [-0.39, 0.29) is 55.2 Å². The van der Waals surface area contributed by atoms with Crippen LogP contribution in [0, 0.1) is 24.7 Å². The van der Waals surface area contributed by atoms with Crippen LogP contribution in [-0.2, 0) is 4.79 Å². The molecule has 0 spiro atoms. The second-order valence-corrected chi connectivity index (χ2v) is 11.6. The Morgan fingerprint density at radius 3 is 2.48 bits per heavy atom. The average molecular weight is 560 g/mol. The first kappa shape index (κ1) is 26.7. The average Bonchev–Trinajstić information content (AvgIpc) is 3.50. The Labute approximate surface area is 228 Å². The van der Waals surface area contributed by atoms with E-state index in [1.807, 2.05) is 6.07 Å². The number of nitrogens with zero attached hydrogens (tertiary/aromatic N) is 5. The highest BCUT2D eigenvalue weighted by Crippen LogP contribution is 2.43. The van der Waals surface area contributed by atoms with E-state index in [2.05, 4.69) is 30.7 Å². The van der Waals surface area contributed by atoms with Crippen molar-refractivity contribution in [2.45, 2.75) is 88.9 Å². The van der Waals surface area contributed by atoms with Crippen LogP contribution in [0.25, 0.3) is 5.65 Å². The normalized spacial score (nSPS) is 24.3. The highest BCUT2D eigenvalue weighted by molar-refractivity contribution is 5.93. The van der Waals surface area contributed by atoms with Gasteiger partial charge in [-0.05, 0) is 80.0 Å². The summed E-state index contributed by atoms with van der Waals surface area (Å²) in [5.41, 5.74) is 2.19. The molecule has 2 N–H and O–H groups in total. The molecule has 0 radical (unpaired) electrons. The van der Waals surface area contributed by atoms with Crippen LogP contribution in [0.15, 0.2) is 23.1 Å². The van der Waals surface area contributed by atoms with Crippen LogP contribution in [0.2, 0.25) is 0 Å². The van der Waals surface area contributed by atoms with Crippen molar-refractivity contribution in [1.29, 1.82) is 0 Å². The second kappa shape index (κ2) is 10.5. The highest BCUT2D eigenvalue weighted by atomic mass is 19.3. The number of carbonyl (C=O) groups is 2. The van der Waals surface area contributed by atoms with E-state index in [1.54, 1.807) is 23.8 Å². The van der Waals surface area contributed by atoms with E-state index >= 15 is 0 Å². The van der Waals surface area contributed by atoms with Gasteiger partial charge in [0.15, 0.2) is 11.3 Å². The van der Waals surface area contributed by atoms with Gasteiger partial charge in [0.1, 0.15) is 11.9 Å². The summed E-state index contributed by atoms with van der Waals surface area (Å²) < 4.78 is 47.3. The zero-order valence-corrected chi connectivity index (χ0v) is 22.2.